The van der Waals surface area contributed by atoms with Crippen LogP contribution in [0.1, 0.15) is 11.4 Å². The van der Waals surface area contributed by atoms with Crippen LogP contribution >= 0.6 is 0 Å². The molecule has 2 aromatic heterocycles. The maximum absolute atomic E-state index is 13.0. The average Bonchev–Trinajstić information content (AvgIpc) is 2.84. The molecule has 186 valence electrons. The van der Waals surface area contributed by atoms with Crippen molar-refractivity contribution in [1.82, 2.24) is 15.0 Å². The summed E-state index contributed by atoms with van der Waals surface area (Å²) >= 11 is 0. The normalized spacial score (nSPS) is 11.0. The van der Waals surface area contributed by atoms with Gasteiger partial charge in [-0.25, -0.2) is 23.4 Å². The molecule has 2 aromatic carbocycles. The summed E-state index contributed by atoms with van der Waals surface area (Å²) < 4.78 is 38.9. The molecule has 0 atom stereocenters. The zero-order chi connectivity index (χ0) is 25.7. The molecular weight excluding hydrogens is 480 g/mol. The van der Waals surface area contributed by atoms with Crippen LogP contribution in [0.5, 0.6) is 11.5 Å². The zero-order valence-electron chi connectivity index (χ0n) is 20.2. The maximum Gasteiger partial charge on any atom is 0.265 e. The smallest absolute Gasteiger partial charge is 0.265 e. The second-order valence-corrected chi connectivity index (χ2v) is 9.50. The van der Waals surface area contributed by atoms with Gasteiger partial charge in [0.2, 0.25) is 0 Å². The predicted molar refractivity (Wildman–Crippen MR) is 139 cm³/mol. The lowest BCUT2D eigenvalue weighted by Crippen LogP contribution is -2.14. The summed E-state index contributed by atoms with van der Waals surface area (Å²) in [7, 11) is -1.04. The van der Waals surface area contributed by atoms with Crippen LogP contribution in [0.2, 0.25) is 0 Å². The molecule has 0 spiro atoms. The van der Waals surface area contributed by atoms with Gasteiger partial charge in [-0.3, -0.25) is 4.72 Å². The highest BCUT2D eigenvalue weighted by molar-refractivity contribution is 7.92. The van der Waals surface area contributed by atoms with Crippen LogP contribution in [-0.2, 0) is 10.0 Å². The number of aromatic nitrogens is 3. The molecule has 11 heteroatoms. The van der Waals surface area contributed by atoms with E-state index in [1.807, 2.05) is 19.1 Å². The Bertz CT molecular complexity index is 1480. The molecule has 0 unspecified atom stereocenters. The van der Waals surface area contributed by atoms with E-state index in [-0.39, 0.29) is 10.6 Å². The highest BCUT2D eigenvalue weighted by atomic mass is 32.2. The standard InChI is InChI=1S/C25H26N6O4S/c1-16-11-12-26-23(13-16)30-25-15-24(27-17(2)28-25)29-18-5-7-19(8-6-18)31-36(32,33)22-14-20(34-3)9-10-21(22)35-4/h5-15,31H,1-4H3,(H2,26,27,28,29,30). The molecule has 0 aliphatic carbocycles. The minimum Gasteiger partial charge on any atom is -0.497 e. The molecule has 4 aromatic rings. The van der Waals surface area contributed by atoms with Crippen LogP contribution in [0.15, 0.2) is 71.8 Å². The van der Waals surface area contributed by atoms with Crippen LogP contribution in [0.4, 0.5) is 28.8 Å². The Kier molecular flexibility index (Phi) is 7.20. The van der Waals surface area contributed by atoms with Crippen LogP contribution in [0.25, 0.3) is 0 Å². The number of ether oxygens (including phenoxy) is 2. The summed E-state index contributed by atoms with van der Waals surface area (Å²) in [6.07, 6.45) is 1.73. The van der Waals surface area contributed by atoms with E-state index in [0.717, 1.165) is 11.3 Å². The van der Waals surface area contributed by atoms with Gasteiger partial charge in [0.05, 0.1) is 14.2 Å². The molecule has 10 nitrogen and oxygen atoms in total. The summed E-state index contributed by atoms with van der Waals surface area (Å²) in [5.41, 5.74) is 2.18. The first kappa shape index (κ1) is 24.7. The van der Waals surface area contributed by atoms with Gasteiger partial charge in [-0.05, 0) is 67.9 Å². The van der Waals surface area contributed by atoms with Crippen molar-refractivity contribution >= 4 is 38.9 Å². The van der Waals surface area contributed by atoms with E-state index in [1.165, 1.54) is 20.3 Å². The molecule has 0 saturated carbocycles. The Balaban J connectivity index is 1.49. The molecular formula is C25H26N6O4S. The zero-order valence-corrected chi connectivity index (χ0v) is 21.1. The number of sulfonamides is 1. The third-order valence-electron chi connectivity index (χ3n) is 5.08. The quantitative estimate of drug-likeness (QED) is 0.293. The average molecular weight is 507 g/mol. The molecule has 0 saturated heterocycles. The molecule has 0 aliphatic rings. The molecule has 3 N–H and O–H groups in total. The van der Waals surface area contributed by atoms with E-state index in [1.54, 1.807) is 55.6 Å². The second-order valence-electron chi connectivity index (χ2n) is 7.85. The Morgan fingerprint density at radius 2 is 1.44 bits per heavy atom. The van der Waals surface area contributed by atoms with Gasteiger partial charge >= 0.3 is 0 Å². The number of anilines is 5. The van der Waals surface area contributed by atoms with E-state index >= 15 is 0 Å². The molecule has 4 rings (SSSR count). The molecule has 0 amide bonds. The number of nitrogens with one attached hydrogen (secondary N) is 3. The van der Waals surface area contributed by atoms with Gasteiger partial charge in [-0.15, -0.1) is 0 Å². The molecule has 0 aliphatic heterocycles. The lowest BCUT2D eigenvalue weighted by molar-refractivity contribution is 0.392. The van der Waals surface area contributed by atoms with Gasteiger partial charge < -0.3 is 20.1 Å². The van der Waals surface area contributed by atoms with E-state index in [9.17, 15) is 8.42 Å². The molecule has 0 radical (unpaired) electrons. The number of hydrogen-bond acceptors (Lipinski definition) is 9. The van der Waals surface area contributed by atoms with Crippen LogP contribution in [-0.4, -0.2) is 37.6 Å². The van der Waals surface area contributed by atoms with E-state index in [2.05, 4.69) is 30.3 Å². The topological polar surface area (TPSA) is 127 Å². The highest BCUT2D eigenvalue weighted by Crippen LogP contribution is 2.30. The van der Waals surface area contributed by atoms with Crippen molar-refractivity contribution in [2.75, 3.05) is 29.6 Å². The van der Waals surface area contributed by atoms with E-state index in [0.29, 0.717) is 34.7 Å². The summed E-state index contributed by atoms with van der Waals surface area (Å²) in [5, 5.41) is 6.39. The Morgan fingerprint density at radius 1 is 0.750 bits per heavy atom. The van der Waals surface area contributed by atoms with Crippen molar-refractivity contribution in [1.29, 1.82) is 0 Å². The summed E-state index contributed by atoms with van der Waals surface area (Å²) in [4.78, 5) is 13.1. The first-order chi connectivity index (χ1) is 17.3. The number of nitrogens with zero attached hydrogens (tertiary/aromatic N) is 3. The van der Waals surface area contributed by atoms with Gasteiger partial charge in [-0.1, -0.05) is 0 Å². The Morgan fingerprint density at radius 3 is 2.11 bits per heavy atom. The van der Waals surface area contributed by atoms with Crippen molar-refractivity contribution in [3.63, 3.8) is 0 Å². The second kappa shape index (κ2) is 10.5. The summed E-state index contributed by atoms with van der Waals surface area (Å²) in [6, 6.07) is 17.0. The number of hydrogen-bond donors (Lipinski definition) is 3. The van der Waals surface area contributed by atoms with Crippen LogP contribution < -0.4 is 24.8 Å². The van der Waals surface area contributed by atoms with E-state index in [4.69, 9.17) is 9.47 Å². The lowest BCUT2D eigenvalue weighted by Gasteiger charge is -2.13. The number of rotatable bonds is 9. The van der Waals surface area contributed by atoms with Crippen LogP contribution in [0, 0.1) is 13.8 Å². The monoisotopic (exact) mass is 506 g/mol. The fraction of sp³-hybridized carbons (Fsp3) is 0.160. The van der Waals surface area contributed by atoms with Crippen molar-refractivity contribution in [2.45, 2.75) is 18.7 Å². The van der Waals surface area contributed by atoms with Crippen molar-refractivity contribution < 1.29 is 17.9 Å². The lowest BCUT2D eigenvalue weighted by atomic mass is 10.3. The largest absolute Gasteiger partial charge is 0.497 e. The molecule has 2 heterocycles. The molecule has 36 heavy (non-hydrogen) atoms. The Labute approximate surface area is 209 Å². The molecule has 0 bridgehead atoms. The number of methoxy groups -OCH3 is 2. The van der Waals surface area contributed by atoms with Crippen LogP contribution in [0.3, 0.4) is 0 Å². The van der Waals surface area contributed by atoms with Gasteiger partial charge in [0.15, 0.2) is 0 Å². The van der Waals surface area contributed by atoms with Gasteiger partial charge in [0.1, 0.15) is 39.7 Å². The number of pyridine rings is 1. The first-order valence-electron chi connectivity index (χ1n) is 10.9. The fourth-order valence-corrected chi connectivity index (χ4v) is 4.65. The number of benzene rings is 2. The van der Waals surface area contributed by atoms with Crippen molar-refractivity contribution in [2.24, 2.45) is 0 Å². The maximum atomic E-state index is 13.0. The third kappa shape index (κ3) is 5.99. The fourth-order valence-electron chi connectivity index (χ4n) is 3.41. The van der Waals surface area contributed by atoms with Crippen molar-refractivity contribution in [3.05, 3.63) is 78.2 Å². The first-order valence-corrected chi connectivity index (χ1v) is 12.4. The summed E-state index contributed by atoms with van der Waals surface area (Å²) in [5.74, 6) is 3.05. The minimum atomic E-state index is -3.91. The third-order valence-corrected chi connectivity index (χ3v) is 6.48. The number of aryl methyl sites for hydroxylation is 2. The minimum absolute atomic E-state index is 0.0221. The van der Waals surface area contributed by atoms with Gasteiger partial charge in [-0.2, -0.15) is 0 Å². The highest BCUT2D eigenvalue weighted by Gasteiger charge is 2.21. The van der Waals surface area contributed by atoms with E-state index < -0.39 is 10.0 Å². The predicted octanol–water partition coefficient (Wildman–Crippen LogP) is 4.79. The Hall–Kier alpha value is -4.38. The SMILES string of the molecule is COc1ccc(OC)c(S(=O)(=O)Nc2ccc(Nc3cc(Nc4cc(C)ccn4)nc(C)n3)cc2)c1. The summed E-state index contributed by atoms with van der Waals surface area (Å²) in [6.45, 7) is 3.78. The molecule has 0 fully saturated rings. The van der Waals surface area contributed by atoms with Crippen molar-refractivity contribution in [3.8, 4) is 11.5 Å². The van der Waals surface area contributed by atoms with Gasteiger partial charge in [0, 0.05) is 29.7 Å². The van der Waals surface area contributed by atoms with Gasteiger partial charge in [0.25, 0.3) is 10.0 Å².